The van der Waals surface area contributed by atoms with Crippen LogP contribution in [0.4, 0.5) is 23.7 Å². The molecule has 2 saturated carbocycles. The van der Waals surface area contributed by atoms with E-state index in [1.54, 1.807) is 4.68 Å². The smallest absolute Gasteiger partial charge is 0.475 e. The van der Waals surface area contributed by atoms with Crippen LogP contribution in [0.25, 0.3) is 0 Å². The highest BCUT2D eigenvalue weighted by Gasteiger charge is 2.38. The predicted octanol–water partition coefficient (Wildman–Crippen LogP) is 2.29. The van der Waals surface area contributed by atoms with E-state index in [0.717, 1.165) is 24.5 Å². The molecule has 8 nitrogen and oxygen atoms in total. The first kappa shape index (κ1) is 20.4. The van der Waals surface area contributed by atoms with Crippen LogP contribution in [-0.4, -0.2) is 63.1 Å². The molecule has 0 bridgehead atoms. The van der Waals surface area contributed by atoms with Gasteiger partial charge in [-0.2, -0.15) is 18.3 Å². The summed E-state index contributed by atoms with van der Waals surface area (Å²) in [5.74, 6) is -2.21. The molecule has 156 valence electrons. The molecule has 1 aromatic heterocycles. The van der Waals surface area contributed by atoms with Gasteiger partial charge in [-0.25, -0.2) is 9.59 Å². The van der Waals surface area contributed by atoms with Gasteiger partial charge < -0.3 is 20.6 Å². The van der Waals surface area contributed by atoms with E-state index in [1.807, 2.05) is 18.1 Å². The Labute approximate surface area is 160 Å². The molecule has 0 spiro atoms. The second kappa shape index (κ2) is 7.98. The molecular formula is C17H24F3N5O3. The zero-order valence-electron chi connectivity index (χ0n) is 15.5. The topological polar surface area (TPSA) is 99.5 Å². The van der Waals surface area contributed by atoms with Crippen molar-refractivity contribution in [3.8, 4) is 0 Å². The molecule has 28 heavy (non-hydrogen) atoms. The number of likely N-dealkylation sites (tertiary alicyclic amines) is 1. The zero-order valence-corrected chi connectivity index (χ0v) is 15.5. The Balaban J connectivity index is 0.000000279. The van der Waals surface area contributed by atoms with Crippen LogP contribution in [0, 0.1) is 0 Å². The molecule has 0 aromatic carbocycles. The lowest BCUT2D eigenvalue weighted by Gasteiger charge is -2.43. The van der Waals surface area contributed by atoms with Gasteiger partial charge in [0.15, 0.2) is 0 Å². The van der Waals surface area contributed by atoms with Crippen molar-refractivity contribution in [2.24, 2.45) is 7.05 Å². The molecule has 0 radical (unpaired) electrons. The number of anilines is 1. The van der Waals surface area contributed by atoms with Crippen molar-refractivity contribution >= 4 is 17.7 Å². The minimum Gasteiger partial charge on any atom is -0.475 e. The standard InChI is InChI=1S/C15H23N5O.C2HF3O2/c1-19-9-13(14(18-19)10-5-6-10)17-15(21)20-7-12(8-20)16-11-3-2-4-11;3-2(4,5)1(6)7/h9-12,16H,2-8H2,1H3,(H,17,21);(H,6,7). The Hall–Kier alpha value is -2.30. The van der Waals surface area contributed by atoms with Gasteiger partial charge in [0, 0.05) is 44.3 Å². The highest BCUT2D eigenvalue weighted by Crippen LogP contribution is 2.42. The molecule has 11 heteroatoms. The number of carboxylic acid groups (broad SMARTS) is 1. The van der Waals surface area contributed by atoms with E-state index in [-0.39, 0.29) is 6.03 Å². The number of hydrogen-bond donors (Lipinski definition) is 3. The summed E-state index contributed by atoms with van der Waals surface area (Å²) in [6, 6.07) is 1.19. The number of carbonyl (C=O) groups excluding carboxylic acids is 1. The van der Waals surface area contributed by atoms with Gasteiger partial charge in [0.1, 0.15) is 0 Å². The first-order valence-corrected chi connectivity index (χ1v) is 9.29. The molecule has 3 aliphatic rings. The van der Waals surface area contributed by atoms with Crippen molar-refractivity contribution in [2.75, 3.05) is 18.4 Å². The molecular weight excluding hydrogens is 379 g/mol. The lowest BCUT2D eigenvalue weighted by atomic mass is 9.91. The molecule has 2 aliphatic carbocycles. The largest absolute Gasteiger partial charge is 0.490 e. The zero-order chi connectivity index (χ0) is 20.5. The van der Waals surface area contributed by atoms with Crippen LogP contribution in [-0.2, 0) is 11.8 Å². The third-order valence-electron chi connectivity index (χ3n) is 5.05. The van der Waals surface area contributed by atoms with Gasteiger partial charge in [-0.05, 0) is 25.7 Å². The van der Waals surface area contributed by atoms with Crippen molar-refractivity contribution in [3.05, 3.63) is 11.9 Å². The molecule has 3 N–H and O–H groups in total. The van der Waals surface area contributed by atoms with Crippen LogP contribution in [0.1, 0.15) is 43.7 Å². The van der Waals surface area contributed by atoms with Gasteiger partial charge >= 0.3 is 18.2 Å². The van der Waals surface area contributed by atoms with Crippen LogP contribution in [0.3, 0.4) is 0 Å². The van der Waals surface area contributed by atoms with E-state index in [4.69, 9.17) is 9.90 Å². The van der Waals surface area contributed by atoms with Crippen LogP contribution < -0.4 is 10.6 Å². The minimum atomic E-state index is -5.08. The second-order valence-corrected chi connectivity index (χ2v) is 7.51. The van der Waals surface area contributed by atoms with Crippen LogP contribution in [0.5, 0.6) is 0 Å². The number of rotatable bonds is 4. The Morgan fingerprint density at radius 2 is 1.79 bits per heavy atom. The Bertz CT molecular complexity index is 722. The maximum Gasteiger partial charge on any atom is 0.490 e. The Morgan fingerprint density at radius 1 is 1.18 bits per heavy atom. The van der Waals surface area contributed by atoms with Gasteiger partial charge in [-0.1, -0.05) is 6.42 Å². The van der Waals surface area contributed by atoms with Gasteiger partial charge in [-0.15, -0.1) is 0 Å². The van der Waals surface area contributed by atoms with Gasteiger partial charge in [-0.3, -0.25) is 4.68 Å². The summed E-state index contributed by atoms with van der Waals surface area (Å²) < 4.78 is 33.5. The maximum atomic E-state index is 12.3. The molecule has 1 aliphatic heterocycles. The predicted molar refractivity (Wildman–Crippen MR) is 94.0 cm³/mol. The highest BCUT2D eigenvalue weighted by atomic mass is 19.4. The SMILES string of the molecule is Cn1cc(NC(=O)N2CC(NC3CCC3)C2)c(C2CC2)n1.O=C(O)C(F)(F)F. The number of carboxylic acids is 1. The lowest BCUT2D eigenvalue weighted by Crippen LogP contribution is -2.63. The molecule has 2 amide bonds. The van der Waals surface area contributed by atoms with Gasteiger partial charge in [0.25, 0.3) is 0 Å². The molecule has 2 heterocycles. The van der Waals surface area contributed by atoms with E-state index < -0.39 is 12.1 Å². The van der Waals surface area contributed by atoms with Crippen LogP contribution in [0.2, 0.25) is 0 Å². The fraction of sp³-hybridized carbons (Fsp3) is 0.706. The number of halogens is 3. The number of urea groups is 1. The number of aromatic nitrogens is 2. The first-order chi connectivity index (χ1) is 13.1. The number of amides is 2. The highest BCUT2D eigenvalue weighted by molar-refractivity contribution is 5.90. The molecule has 4 rings (SSSR count). The monoisotopic (exact) mass is 403 g/mol. The average molecular weight is 403 g/mol. The number of alkyl halides is 3. The summed E-state index contributed by atoms with van der Waals surface area (Å²) in [6.45, 7) is 1.64. The van der Waals surface area contributed by atoms with Gasteiger partial charge in [0.2, 0.25) is 0 Å². The van der Waals surface area contributed by atoms with E-state index in [2.05, 4.69) is 15.7 Å². The normalized spacial score (nSPS) is 19.9. The summed E-state index contributed by atoms with van der Waals surface area (Å²) in [7, 11) is 1.91. The Kier molecular flexibility index (Phi) is 5.82. The maximum absolute atomic E-state index is 12.3. The lowest BCUT2D eigenvalue weighted by molar-refractivity contribution is -0.192. The quantitative estimate of drug-likeness (QED) is 0.716. The number of aryl methyl sites for hydroxylation is 1. The van der Waals surface area contributed by atoms with Crippen molar-refractivity contribution in [1.29, 1.82) is 0 Å². The number of carbonyl (C=O) groups is 2. The molecule has 0 atom stereocenters. The van der Waals surface area contributed by atoms with Crippen LogP contribution >= 0.6 is 0 Å². The van der Waals surface area contributed by atoms with Crippen molar-refractivity contribution < 1.29 is 27.9 Å². The molecule has 3 fully saturated rings. The van der Waals surface area contributed by atoms with E-state index >= 15 is 0 Å². The Morgan fingerprint density at radius 3 is 2.25 bits per heavy atom. The van der Waals surface area contributed by atoms with E-state index in [9.17, 15) is 18.0 Å². The number of aliphatic carboxylic acids is 1. The summed E-state index contributed by atoms with van der Waals surface area (Å²) in [4.78, 5) is 23.0. The number of hydrogen-bond acceptors (Lipinski definition) is 4. The van der Waals surface area contributed by atoms with Crippen molar-refractivity contribution in [2.45, 2.75) is 56.3 Å². The molecule has 1 aromatic rings. The van der Waals surface area contributed by atoms with Crippen molar-refractivity contribution in [1.82, 2.24) is 20.0 Å². The third kappa shape index (κ3) is 5.15. The average Bonchev–Trinajstić information content (AvgIpc) is 3.28. The van der Waals surface area contributed by atoms with Gasteiger partial charge in [0.05, 0.1) is 11.4 Å². The summed E-state index contributed by atoms with van der Waals surface area (Å²) >= 11 is 0. The molecule has 1 saturated heterocycles. The van der Waals surface area contributed by atoms with Crippen molar-refractivity contribution in [3.63, 3.8) is 0 Å². The molecule has 0 unspecified atom stereocenters. The summed E-state index contributed by atoms with van der Waals surface area (Å²) in [6.07, 6.45) is 3.15. The summed E-state index contributed by atoms with van der Waals surface area (Å²) in [5, 5.41) is 18.2. The first-order valence-electron chi connectivity index (χ1n) is 9.29. The van der Waals surface area contributed by atoms with Crippen LogP contribution in [0.15, 0.2) is 6.20 Å². The number of nitrogens with one attached hydrogen (secondary N) is 2. The second-order valence-electron chi connectivity index (χ2n) is 7.51. The fourth-order valence-electron chi connectivity index (χ4n) is 3.11. The minimum absolute atomic E-state index is 0.0107. The third-order valence-corrected chi connectivity index (χ3v) is 5.05. The number of nitrogens with zero attached hydrogens (tertiary/aromatic N) is 3. The van der Waals surface area contributed by atoms with E-state index in [0.29, 0.717) is 18.0 Å². The van der Waals surface area contributed by atoms with E-state index in [1.165, 1.54) is 32.1 Å². The summed E-state index contributed by atoms with van der Waals surface area (Å²) in [5.41, 5.74) is 1.94. The fourth-order valence-corrected chi connectivity index (χ4v) is 3.11.